The molecule has 0 aliphatic heterocycles. The number of hydrogen-bond acceptors (Lipinski definition) is 6. The minimum Gasteiger partial charge on any atom is -0.497 e. The number of hydrogen-bond donors (Lipinski definition) is 1. The molecule has 1 atom stereocenters. The zero-order chi connectivity index (χ0) is 18.6. The fraction of sp³-hybridized carbons (Fsp3) is 0.167. The van der Waals surface area contributed by atoms with Gasteiger partial charge in [0, 0.05) is 11.4 Å². The zero-order valence-electron chi connectivity index (χ0n) is 13.9. The molecule has 1 N–H and O–H groups in total. The van der Waals surface area contributed by atoms with Crippen molar-refractivity contribution in [3.8, 4) is 5.75 Å². The van der Waals surface area contributed by atoms with Crippen LogP contribution in [0.4, 0.5) is 0 Å². The second kappa shape index (κ2) is 8.03. The van der Waals surface area contributed by atoms with E-state index in [1.54, 1.807) is 41.8 Å². The van der Waals surface area contributed by atoms with Gasteiger partial charge in [0.2, 0.25) is 0 Å². The maximum absolute atomic E-state index is 13.1. The number of nitrogens with one attached hydrogen (secondary N) is 1. The maximum atomic E-state index is 13.1. The predicted molar refractivity (Wildman–Crippen MR) is 104 cm³/mol. The van der Waals surface area contributed by atoms with Crippen LogP contribution in [-0.2, 0) is 9.84 Å². The normalized spacial score (nSPS) is 12.5. The molecular weight excluding hydrogens is 390 g/mol. The lowest BCUT2D eigenvalue weighted by Gasteiger charge is -2.17. The highest BCUT2D eigenvalue weighted by molar-refractivity contribution is 7.91. The van der Waals surface area contributed by atoms with Gasteiger partial charge < -0.3 is 10.1 Å². The Bertz CT molecular complexity index is 947. The Hall–Kier alpha value is -2.16. The number of benzene rings is 1. The molecule has 0 saturated carbocycles. The minimum absolute atomic E-state index is 0.00556. The monoisotopic (exact) mass is 407 g/mol. The summed E-state index contributed by atoms with van der Waals surface area (Å²) in [6.07, 6.45) is 0. The quantitative estimate of drug-likeness (QED) is 0.647. The molecule has 26 heavy (non-hydrogen) atoms. The van der Waals surface area contributed by atoms with Crippen LogP contribution in [0.5, 0.6) is 5.75 Å². The third-order valence-electron chi connectivity index (χ3n) is 3.82. The number of sulfone groups is 1. The van der Waals surface area contributed by atoms with Crippen LogP contribution < -0.4 is 10.1 Å². The highest BCUT2D eigenvalue weighted by Gasteiger charge is 2.30. The minimum atomic E-state index is -3.67. The Labute approximate surface area is 160 Å². The summed E-state index contributed by atoms with van der Waals surface area (Å²) in [4.78, 5) is 13.7. The van der Waals surface area contributed by atoms with Crippen molar-refractivity contribution < 1.29 is 17.9 Å². The summed E-state index contributed by atoms with van der Waals surface area (Å²) in [5, 5.41) is 5.53. The van der Waals surface area contributed by atoms with Crippen LogP contribution in [0, 0.1) is 0 Å². The van der Waals surface area contributed by atoms with E-state index in [0.717, 1.165) is 0 Å². The second-order valence-electron chi connectivity index (χ2n) is 5.41. The number of carbonyl (C=O) groups excluding carboxylic acids is 1. The largest absolute Gasteiger partial charge is 0.497 e. The van der Waals surface area contributed by atoms with Gasteiger partial charge in [-0.05, 0) is 47.2 Å². The summed E-state index contributed by atoms with van der Waals surface area (Å²) >= 11 is 2.67. The fourth-order valence-electron chi connectivity index (χ4n) is 2.45. The average Bonchev–Trinajstić information content (AvgIpc) is 3.35. The molecule has 1 aromatic carbocycles. The molecule has 2 aromatic heterocycles. The van der Waals surface area contributed by atoms with Crippen molar-refractivity contribution in [2.75, 3.05) is 13.7 Å². The predicted octanol–water partition coefficient (Wildman–Crippen LogP) is 3.76. The van der Waals surface area contributed by atoms with Gasteiger partial charge in [0.1, 0.15) is 11.0 Å². The maximum Gasteiger partial charge on any atom is 0.261 e. The van der Waals surface area contributed by atoms with Crippen LogP contribution in [0.15, 0.2) is 64.2 Å². The van der Waals surface area contributed by atoms with Crippen LogP contribution in [-0.4, -0.2) is 28.0 Å². The lowest BCUT2D eigenvalue weighted by Crippen LogP contribution is -2.31. The van der Waals surface area contributed by atoms with Gasteiger partial charge in [0.05, 0.1) is 16.9 Å². The Morgan fingerprint density at radius 3 is 2.35 bits per heavy atom. The summed E-state index contributed by atoms with van der Waals surface area (Å²) in [7, 11) is -2.14. The standard InChI is InChI=1S/C18H17NO4S3/c1-23-13-6-8-14(9-7-13)26(21,22)17(15-4-2-10-24-15)12-19-18(20)16-5-3-11-25-16/h2-11,17H,12H2,1H3,(H,19,20). The van der Waals surface area contributed by atoms with Crippen molar-refractivity contribution in [1.29, 1.82) is 0 Å². The Morgan fingerprint density at radius 2 is 1.77 bits per heavy atom. The molecule has 5 nitrogen and oxygen atoms in total. The highest BCUT2D eigenvalue weighted by atomic mass is 32.2. The number of ether oxygens (including phenoxy) is 1. The van der Waals surface area contributed by atoms with Crippen LogP contribution in [0.2, 0.25) is 0 Å². The molecule has 136 valence electrons. The zero-order valence-corrected chi connectivity index (χ0v) is 16.4. The smallest absolute Gasteiger partial charge is 0.261 e. The van der Waals surface area contributed by atoms with Crippen molar-refractivity contribution in [3.63, 3.8) is 0 Å². The van der Waals surface area contributed by atoms with E-state index in [9.17, 15) is 13.2 Å². The van der Waals surface area contributed by atoms with Crippen molar-refractivity contribution >= 4 is 38.4 Å². The molecule has 0 aliphatic rings. The third-order valence-corrected chi connectivity index (χ3v) is 7.92. The first kappa shape index (κ1) is 18.6. The molecule has 0 radical (unpaired) electrons. The molecule has 0 aliphatic carbocycles. The third kappa shape index (κ3) is 3.98. The molecule has 8 heteroatoms. The SMILES string of the molecule is COc1ccc(S(=O)(=O)C(CNC(=O)c2cccs2)c2cccs2)cc1. The molecule has 0 bridgehead atoms. The van der Waals surface area contributed by atoms with Crippen molar-refractivity contribution in [2.24, 2.45) is 0 Å². The molecule has 3 aromatic rings. The van der Waals surface area contributed by atoms with Gasteiger partial charge in [-0.3, -0.25) is 4.79 Å². The van der Waals surface area contributed by atoms with E-state index in [-0.39, 0.29) is 17.3 Å². The van der Waals surface area contributed by atoms with Crippen molar-refractivity contribution in [3.05, 3.63) is 69.0 Å². The van der Waals surface area contributed by atoms with E-state index < -0.39 is 15.1 Å². The highest BCUT2D eigenvalue weighted by Crippen LogP contribution is 2.32. The van der Waals surface area contributed by atoms with Gasteiger partial charge in [-0.2, -0.15) is 0 Å². The van der Waals surface area contributed by atoms with Crippen LogP contribution in [0.1, 0.15) is 19.8 Å². The van der Waals surface area contributed by atoms with E-state index >= 15 is 0 Å². The van der Waals surface area contributed by atoms with Crippen LogP contribution in [0.25, 0.3) is 0 Å². The van der Waals surface area contributed by atoms with E-state index in [2.05, 4.69) is 5.32 Å². The van der Waals surface area contributed by atoms with Gasteiger partial charge >= 0.3 is 0 Å². The lowest BCUT2D eigenvalue weighted by molar-refractivity contribution is 0.0958. The Kier molecular flexibility index (Phi) is 5.75. The average molecular weight is 408 g/mol. The molecular formula is C18H17NO4S3. The summed E-state index contributed by atoms with van der Waals surface area (Å²) in [5.74, 6) is 0.314. The van der Waals surface area contributed by atoms with E-state index in [4.69, 9.17) is 4.74 Å². The first-order valence-electron chi connectivity index (χ1n) is 7.75. The molecule has 2 heterocycles. The molecule has 3 rings (SSSR count). The number of rotatable bonds is 7. The van der Waals surface area contributed by atoms with Gasteiger partial charge in [-0.15, -0.1) is 22.7 Å². The number of carbonyl (C=O) groups is 1. The molecule has 0 saturated heterocycles. The van der Waals surface area contributed by atoms with Gasteiger partial charge in [0.25, 0.3) is 5.91 Å². The second-order valence-corrected chi connectivity index (χ2v) is 9.47. The van der Waals surface area contributed by atoms with Crippen molar-refractivity contribution in [2.45, 2.75) is 10.1 Å². The number of amides is 1. The summed E-state index contributed by atoms with van der Waals surface area (Å²) in [5.41, 5.74) is 0. The summed E-state index contributed by atoms with van der Waals surface area (Å²) in [6, 6.07) is 13.3. The van der Waals surface area contributed by atoms with E-state index in [1.165, 1.54) is 41.9 Å². The Morgan fingerprint density at radius 1 is 1.08 bits per heavy atom. The number of methoxy groups -OCH3 is 1. The lowest BCUT2D eigenvalue weighted by atomic mass is 10.3. The Balaban J connectivity index is 1.86. The van der Waals surface area contributed by atoms with E-state index in [1.807, 2.05) is 5.38 Å². The van der Waals surface area contributed by atoms with E-state index in [0.29, 0.717) is 15.5 Å². The molecule has 0 fully saturated rings. The summed E-state index contributed by atoms with van der Waals surface area (Å²) in [6.45, 7) is 0.00556. The van der Waals surface area contributed by atoms with Gasteiger partial charge in [-0.1, -0.05) is 12.1 Å². The fourth-order valence-corrected chi connectivity index (χ4v) is 5.87. The van der Waals surface area contributed by atoms with Crippen LogP contribution >= 0.6 is 22.7 Å². The van der Waals surface area contributed by atoms with Crippen LogP contribution in [0.3, 0.4) is 0 Å². The molecule has 1 amide bonds. The topological polar surface area (TPSA) is 72.5 Å². The molecule has 0 spiro atoms. The van der Waals surface area contributed by atoms with Crippen molar-refractivity contribution in [1.82, 2.24) is 5.32 Å². The number of thiophene rings is 2. The first-order chi connectivity index (χ1) is 12.5. The first-order valence-corrected chi connectivity index (χ1v) is 11.1. The van der Waals surface area contributed by atoms with Gasteiger partial charge in [-0.25, -0.2) is 8.42 Å². The molecule has 1 unspecified atom stereocenters. The van der Waals surface area contributed by atoms with Gasteiger partial charge in [0.15, 0.2) is 9.84 Å². The summed E-state index contributed by atoms with van der Waals surface area (Å²) < 4.78 is 31.4.